The summed E-state index contributed by atoms with van der Waals surface area (Å²) in [5.41, 5.74) is 3.20. The van der Waals surface area contributed by atoms with Gasteiger partial charge in [0.2, 0.25) is 0 Å². The van der Waals surface area contributed by atoms with E-state index in [0.29, 0.717) is 6.42 Å². The summed E-state index contributed by atoms with van der Waals surface area (Å²) >= 11 is 3.46. The van der Waals surface area contributed by atoms with Crippen molar-refractivity contribution in [1.29, 1.82) is 0 Å². The number of halogens is 1. The number of aliphatic hydroxyl groups excluding tert-OH is 1. The third kappa shape index (κ3) is 2.18. The summed E-state index contributed by atoms with van der Waals surface area (Å²) in [5.74, 6) is 0.799. The number of H-pyrrole nitrogens is 1. The Bertz CT molecular complexity index is 494. The molecule has 3 nitrogen and oxygen atoms in total. The topological polar surface area (TPSA) is 48.9 Å². The fraction of sp³-hybridized carbons (Fsp3) is 0.250. The van der Waals surface area contributed by atoms with Crippen LogP contribution in [-0.4, -0.2) is 21.7 Å². The summed E-state index contributed by atoms with van der Waals surface area (Å²) in [6.45, 7) is 2.16. The molecule has 2 N–H and O–H groups in total. The van der Waals surface area contributed by atoms with Gasteiger partial charge in [0.25, 0.3) is 0 Å². The van der Waals surface area contributed by atoms with E-state index in [1.54, 1.807) is 0 Å². The SMILES string of the molecule is Cc1ccccc1-c1nc(CCO)[nH]c1Br. The molecule has 2 rings (SSSR count). The van der Waals surface area contributed by atoms with Crippen LogP contribution in [-0.2, 0) is 6.42 Å². The van der Waals surface area contributed by atoms with Crippen LogP contribution < -0.4 is 0 Å². The fourth-order valence-electron chi connectivity index (χ4n) is 1.64. The minimum atomic E-state index is 0.104. The molecule has 0 fully saturated rings. The molecule has 0 saturated heterocycles. The number of nitrogens with zero attached hydrogens (tertiary/aromatic N) is 1. The third-order valence-corrected chi connectivity index (χ3v) is 3.03. The van der Waals surface area contributed by atoms with Crippen molar-refractivity contribution in [2.75, 3.05) is 6.61 Å². The molecular weight excluding hydrogens is 268 g/mol. The first-order valence-corrected chi connectivity index (χ1v) is 5.93. The number of benzene rings is 1. The summed E-state index contributed by atoms with van der Waals surface area (Å²) in [6, 6.07) is 8.10. The van der Waals surface area contributed by atoms with Gasteiger partial charge >= 0.3 is 0 Å². The predicted molar refractivity (Wildman–Crippen MR) is 67.3 cm³/mol. The quantitative estimate of drug-likeness (QED) is 0.908. The highest BCUT2D eigenvalue weighted by Crippen LogP contribution is 2.28. The van der Waals surface area contributed by atoms with Gasteiger partial charge in [-0.1, -0.05) is 24.3 Å². The fourth-order valence-corrected chi connectivity index (χ4v) is 2.17. The van der Waals surface area contributed by atoms with E-state index in [0.717, 1.165) is 21.7 Å². The minimum Gasteiger partial charge on any atom is -0.396 e. The smallest absolute Gasteiger partial charge is 0.110 e. The van der Waals surface area contributed by atoms with Crippen molar-refractivity contribution in [1.82, 2.24) is 9.97 Å². The molecule has 0 amide bonds. The van der Waals surface area contributed by atoms with Crippen LogP contribution in [0.15, 0.2) is 28.9 Å². The molecule has 1 aromatic heterocycles. The van der Waals surface area contributed by atoms with Gasteiger partial charge in [0, 0.05) is 12.0 Å². The molecule has 0 aliphatic rings. The molecular formula is C12H13BrN2O. The molecule has 0 spiro atoms. The number of imidazole rings is 1. The van der Waals surface area contributed by atoms with Crippen molar-refractivity contribution in [2.24, 2.45) is 0 Å². The molecule has 0 bridgehead atoms. The van der Waals surface area contributed by atoms with Gasteiger partial charge in [0.15, 0.2) is 0 Å². The van der Waals surface area contributed by atoms with E-state index >= 15 is 0 Å². The number of rotatable bonds is 3. The van der Waals surface area contributed by atoms with Crippen molar-refractivity contribution in [3.8, 4) is 11.3 Å². The Morgan fingerprint density at radius 1 is 1.38 bits per heavy atom. The first-order chi connectivity index (χ1) is 7.72. The van der Waals surface area contributed by atoms with E-state index in [2.05, 4.69) is 38.9 Å². The largest absolute Gasteiger partial charge is 0.396 e. The van der Waals surface area contributed by atoms with Gasteiger partial charge < -0.3 is 10.1 Å². The molecule has 0 atom stereocenters. The molecule has 1 heterocycles. The average molecular weight is 281 g/mol. The van der Waals surface area contributed by atoms with Gasteiger partial charge in [-0.25, -0.2) is 4.98 Å². The highest BCUT2D eigenvalue weighted by molar-refractivity contribution is 9.10. The lowest BCUT2D eigenvalue weighted by Gasteiger charge is -2.01. The highest BCUT2D eigenvalue weighted by Gasteiger charge is 2.11. The van der Waals surface area contributed by atoms with Crippen molar-refractivity contribution in [3.63, 3.8) is 0 Å². The average Bonchev–Trinajstić information content (AvgIpc) is 2.61. The number of aliphatic hydroxyl groups is 1. The molecule has 0 aliphatic carbocycles. The zero-order valence-corrected chi connectivity index (χ0v) is 10.6. The van der Waals surface area contributed by atoms with Gasteiger partial charge in [-0.2, -0.15) is 0 Å². The Hall–Kier alpha value is -1.13. The molecule has 84 valence electrons. The summed E-state index contributed by atoms with van der Waals surface area (Å²) in [6.07, 6.45) is 0.546. The maximum atomic E-state index is 8.87. The number of hydrogen-bond donors (Lipinski definition) is 2. The first-order valence-electron chi connectivity index (χ1n) is 5.13. The molecule has 4 heteroatoms. The Labute approximate surface area is 103 Å². The number of hydrogen-bond acceptors (Lipinski definition) is 2. The molecule has 0 radical (unpaired) electrons. The van der Waals surface area contributed by atoms with Crippen LogP contribution in [0.4, 0.5) is 0 Å². The van der Waals surface area contributed by atoms with Crippen LogP contribution >= 0.6 is 15.9 Å². The lowest BCUT2D eigenvalue weighted by Crippen LogP contribution is -1.92. The highest BCUT2D eigenvalue weighted by atomic mass is 79.9. The van der Waals surface area contributed by atoms with Gasteiger partial charge in [0.1, 0.15) is 16.1 Å². The van der Waals surface area contributed by atoms with Crippen LogP contribution in [0.25, 0.3) is 11.3 Å². The third-order valence-electron chi connectivity index (χ3n) is 2.46. The lowest BCUT2D eigenvalue weighted by atomic mass is 10.1. The van der Waals surface area contributed by atoms with Crippen LogP contribution in [0, 0.1) is 6.92 Å². The second-order valence-corrected chi connectivity index (χ2v) is 4.43. The van der Waals surface area contributed by atoms with Crippen LogP contribution in [0.2, 0.25) is 0 Å². The summed E-state index contributed by atoms with van der Waals surface area (Å²) in [7, 11) is 0. The first kappa shape index (κ1) is 11.4. The predicted octanol–water partition coefficient (Wildman–Crippen LogP) is 2.68. The summed E-state index contributed by atoms with van der Waals surface area (Å²) in [4.78, 5) is 7.58. The molecule has 2 aromatic rings. The van der Waals surface area contributed by atoms with Gasteiger partial charge in [-0.05, 0) is 28.4 Å². The molecule has 0 saturated carbocycles. The molecule has 16 heavy (non-hydrogen) atoms. The Morgan fingerprint density at radius 2 is 2.12 bits per heavy atom. The van der Waals surface area contributed by atoms with Crippen molar-refractivity contribution in [3.05, 3.63) is 40.3 Å². The van der Waals surface area contributed by atoms with Gasteiger partial charge in [-0.15, -0.1) is 0 Å². The zero-order chi connectivity index (χ0) is 11.5. The zero-order valence-electron chi connectivity index (χ0n) is 9.00. The Morgan fingerprint density at radius 3 is 2.81 bits per heavy atom. The number of aromatic amines is 1. The normalized spacial score (nSPS) is 10.7. The van der Waals surface area contributed by atoms with E-state index in [-0.39, 0.29) is 6.61 Å². The lowest BCUT2D eigenvalue weighted by molar-refractivity contribution is 0.297. The maximum absolute atomic E-state index is 8.87. The number of aryl methyl sites for hydroxylation is 1. The summed E-state index contributed by atoms with van der Waals surface area (Å²) in [5, 5.41) is 8.87. The van der Waals surface area contributed by atoms with E-state index in [4.69, 9.17) is 5.11 Å². The van der Waals surface area contributed by atoms with Crippen LogP contribution in [0.1, 0.15) is 11.4 Å². The monoisotopic (exact) mass is 280 g/mol. The summed E-state index contributed by atoms with van der Waals surface area (Å²) < 4.78 is 0.866. The van der Waals surface area contributed by atoms with Crippen molar-refractivity contribution < 1.29 is 5.11 Å². The number of nitrogens with one attached hydrogen (secondary N) is 1. The van der Waals surface area contributed by atoms with Crippen LogP contribution in [0.3, 0.4) is 0 Å². The van der Waals surface area contributed by atoms with E-state index in [9.17, 15) is 0 Å². The van der Waals surface area contributed by atoms with Gasteiger partial charge in [0.05, 0.1) is 6.61 Å². The van der Waals surface area contributed by atoms with E-state index in [1.807, 2.05) is 18.2 Å². The van der Waals surface area contributed by atoms with E-state index in [1.165, 1.54) is 5.56 Å². The standard InChI is InChI=1S/C12H13BrN2O/c1-8-4-2-3-5-9(8)11-12(13)15-10(14-11)6-7-16/h2-5,16H,6-7H2,1H3,(H,14,15). The maximum Gasteiger partial charge on any atom is 0.110 e. The molecule has 0 aliphatic heterocycles. The Balaban J connectivity index is 2.44. The second-order valence-electron chi connectivity index (χ2n) is 3.63. The molecule has 0 unspecified atom stereocenters. The van der Waals surface area contributed by atoms with Crippen molar-refractivity contribution >= 4 is 15.9 Å². The van der Waals surface area contributed by atoms with Crippen LogP contribution in [0.5, 0.6) is 0 Å². The Kier molecular flexibility index (Phi) is 3.41. The van der Waals surface area contributed by atoms with Gasteiger partial charge in [-0.3, -0.25) is 0 Å². The molecule has 1 aromatic carbocycles. The second kappa shape index (κ2) is 4.80. The van der Waals surface area contributed by atoms with E-state index < -0.39 is 0 Å². The minimum absolute atomic E-state index is 0.104. The van der Waals surface area contributed by atoms with Crippen molar-refractivity contribution in [2.45, 2.75) is 13.3 Å². The number of aromatic nitrogens is 2.